The van der Waals surface area contributed by atoms with Crippen molar-refractivity contribution < 1.29 is 14.6 Å². The van der Waals surface area contributed by atoms with Crippen molar-refractivity contribution in [2.45, 2.75) is 25.7 Å². The molecule has 3 aliphatic carbocycles. The van der Waals surface area contributed by atoms with E-state index in [1.54, 1.807) is 7.11 Å². The summed E-state index contributed by atoms with van der Waals surface area (Å²) in [5.74, 6) is 1.39. The number of carboxylic acid groups (broad SMARTS) is 1. The first-order valence-corrected chi connectivity index (χ1v) is 6.43. The largest absolute Gasteiger partial charge is 0.497 e. The summed E-state index contributed by atoms with van der Waals surface area (Å²) in [6.07, 6.45) is 9.15. The number of hydrogen-bond acceptors (Lipinski definition) is 2. The van der Waals surface area contributed by atoms with Gasteiger partial charge in [0.05, 0.1) is 7.11 Å². The lowest BCUT2D eigenvalue weighted by molar-refractivity contribution is -0.139. The maximum absolute atomic E-state index is 10.9. The third-order valence-corrected chi connectivity index (χ3v) is 4.09. The minimum absolute atomic E-state index is 0.249. The molecule has 0 aromatic heterocycles. The van der Waals surface area contributed by atoms with Crippen LogP contribution >= 0.6 is 0 Å². The molecular formula is C15H20O3. The van der Waals surface area contributed by atoms with Crippen LogP contribution < -0.4 is 0 Å². The van der Waals surface area contributed by atoms with Crippen LogP contribution in [0.15, 0.2) is 36.1 Å². The smallest absolute Gasteiger partial charge is 0.303 e. The highest BCUT2D eigenvalue weighted by Crippen LogP contribution is 2.45. The molecule has 1 saturated carbocycles. The van der Waals surface area contributed by atoms with E-state index >= 15 is 0 Å². The Morgan fingerprint density at radius 3 is 2.89 bits per heavy atom. The monoisotopic (exact) mass is 248 g/mol. The molecule has 98 valence electrons. The third-order valence-electron chi connectivity index (χ3n) is 4.09. The first-order chi connectivity index (χ1) is 8.60. The zero-order chi connectivity index (χ0) is 13.1. The van der Waals surface area contributed by atoms with Gasteiger partial charge >= 0.3 is 5.97 Å². The van der Waals surface area contributed by atoms with Gasteiger partial charge in [0.25, 0.3) is 0 Å². The Hall–Kier alpha value is -1.51. The van der Waals surface area contributed by atoms with Crippen LogP contribution in [0.2, 0.25) is 0 Å². The minimum Gasteiger partial charge on any atom is -0.497 e. The number of rotatable bonds is 3. The number of hydrogen-bond donors (Lipinski definition) is 1. The molecule has 1 fully saturated rings. The highest BCUT2D eigenvalue weighted by Gasteiger charge is 2.36. The lowest BCUT2D eigenvalue weighted by atomic mass is 9.64. The molecule has 3 aliphatic rings. The molecule has 3 rings (SSSR count). The first-order valence-electron chi connectivity index (χ1n) is 6.43. The Morgan fingerprint density at radius 2 is 2.28 bits per heavy atom. The van der Waals surface area contributed by atoms with Crippen molar-refractivity contribution >= 4 is 5.97 Å². The van der Waals surface area contributed by atoms with E-state index in [1.165, 1.54) is 0 Å². The molecule has 0 heterocycles. The predicted molar refractivity (Wildman–Crippen MR) is 69.9 cm³/mol. The van der Waals surface area contributed by atoms with E-state index in [-0.39, 0.29) is 12.3 Å². The molecule has 3 nitrogen and oxygen atoms in total. The van der Waals surface area contributed by atoms with E-state index in [2.05, 4.69) is 6.58 Å². The van der Waals surface area contributed by atoms with Crippen LogP contribution in [0.25, 0.3) is 0 Å². The second-order valence-electron chi connectivity index (χ2n) is 5.25. The van der Waals surface area contributed by atoms with Gasteiger partial charge in [-0.3, -0.25) is 4.79 Å². The van der Waals surface area contributed by atoms with Crippen molar-refractivity contribution in [2.75, 3.05) is 7.11 Å². The topological polar surface area (TPSA) is 46.5 Å². The molecule has 2 bridgehead atoms. The molecule has 18 heavy (non-hydrogen) atoms. The highest BCUT2D eigenvalue weighted by atomic mass is 16.5. The number of carbonyl (C=O) groups is 1. The van der Waals surface area contributed by atoms with Crippen LogP contribution in [0, 0.1) is 17.8 Å². The number of carboxylic acids is 1. The summed E-state index contributed by atoms with van der Waals surface area (Å²) in [5, 5.41) is 8.96. The first kappa shape index (κ1) is 12.9. The fourth-order valence-electron chi connectivity index (χ4n) is 2.85. The van der Waals surface area contributed by atoms with E-state index in [0.29, 0.717) is 11.8 Å². The Balaban J connectivity index is 2.13. The van der Waals surface area contributed by atoms with Crippen molar-refractivity contribution in [3.8, 4) is 0 Å². The van der Waals surface area contributed by atoms with Gasteiger partial charge in [0.15, 0.2) is 0 Å². The van der Waals surface area contributed by atoms with Gasteiger partial charge in [-0.2, -0.15) is 0 Å². The molecular weight excluding hydrogens is 228 g/mol. The zero-order valence-electron chi connectivity index (χ0n) is 10.8. The lowest BCUT2D eigenvalue weighted by Crippen LogP contribution is -2.32. The van der Waals surface area contributed by atoms with Crippen LogP contribution in [-0.2, 0) is 9.53 Å². The Kier molecular flexibility index (Phi) is 3.90. The number of fused-ring (bicyclic) bond motifs is 4. The van der Waals surface area contributed by atoms with Gasteiger partial charge in [-0.25, -0.2) is 0 Å². The summed E-state index contributed by atoms with van der Waals surface area (Å²) in [6, 6.07) is 0. The minimum atomic E-state index is -0.699. The standard InChI is InChI=1S/C15H20O3/c1-10-6-14(18-2)5-3-4-11(9-15(16)17)13-7-12(10)8-13/h3,5-6,11-13H,1,4,7-9H2,2H3,(H,16,17)/b5-3-,14-6+. The molecule has 0 aromatic rings. The van der Waals surface area contributed by atoms with E-state index < -0.39 is 5.97 Å². The average molecular weight is 248 g/mol. The van der Waals surface area contributed by atoms with Gasteiger partial charge in [-0.15, -0.1) is 0 Å². The van der Waals surface area contributed by atoms with Gasteiger partial charge in [0, 0.05) is 6.42 Å². The molecule has 1 unspecified atom stereocenters. The summed E-state index contributed by atoms with van der Waals surface area (Å²) in [6.45, 7) is 4.08. The highest BCUT2D eigenvalue weighted by molar-refractivity contribution is 5.67. The van der Waals surface area contributed by atoms with E-state index in [4.69, 9.17) is 9.84 Å². The summed E-state index contributed by atoms with van der Waals surface area (Å²) in [5.41, 5.74) is 1.10. The molecule has 0 radical (unpaired) electrons. The number of ether oxygens (including phenoxy) is 1. The van der Waals surface area contributed by atoms with Gasteiger partial charge in [0.1, 0.15) is 5.76 Å². The van der Waals surface area contributed by atoms with E-state index in [9.17, 15) is 4.79 Å². The normalized spacial score (nSPS) is 35.9. The molecule has 0 saturated heterocycles. The third kappa shape index (κ3) is 2.84. The van der Waals surface area contributed by atoms with Crippen molar-refractivity contribution in [1.29, 1.82) is 0 Å². The molecule has 1 atom stereocenters. The fourth-order valence-corrected chi connectivity index (χ4v) is 2.85. The van der Waals surface area contributed by atoms with E-state index in [0.717, 1.165) is 30.6 Å². The summed E-state index contributed by atoms with van der Waals surface area (Å²) < 4.78 is 5.27. The van der Waals surface area contributed by atoms with Crippen LogP contribution in [0.3, 0.4) is 0 Å². The molecule has 0 aliphatic heterocycles. The Bertz CT molecular complexity index is 400. The van der Waals surface area contributed by atoms with Gasteiger partial charge in [0.2, 0.25) is 0 Å². The average Bonchev–Trinajstić information content (AvgIpc) is 2.24. The number of methoxy groups -OCH3 is 1. The molecule has 0 spiro atoms. The second-order valence-corrected chi connectivity index (χ2v) is 5.25. The Morgan fingerprint density at radius 1 is 1.56 bits per heavy atom. The predicted octanol–water partition coefficient (Wildman–Crippen LogP) is 3.15. The zero-order valence-corrected chi connectivity index (χ0v) is 10.8. The van der Waals surface area contributed by atoms with Crippen molar-refractivity contribution in [1.82, 2.24) is 0 Å². The van der Waals surface area contributed by atoms with Crippen molar-refractivity contribution in [2.24, 2.45) is 17.8 Å². The summed E-state index contributed by atoms with van der Waals surface area (Å²) in [4.78, 5) is 10.9. The summed E-state index contributed by atoms with van der Waals surface area (Å²) in [7, 11) is 1.65. The Labute approximate surface area is 108 Å². The van der Waals surface area contributed by atoms with Gasteiger partial charge < -0.3 is 9.84 Å². The molecule has 3 heteroatoms. The second kappa shape index (κ2) is 5.42. The SMILES string of the molecule is C=C1/C=C(OC)\C=C/CC(CC(=O)O)C2CC1C2. The maximum atomic E-state index is 10.9. The van der Waals surface area contributed by atoms with Crippen molar-refractivity contribution in [3.63, 3.8) is 0 Å². The van der Waals surface area contributed by atoms with Crippen LogP contribution in [0.4, 0.5) is 0 Å². The van der Waals surface area contributed by atoms with Crippen LogP contribution in [0.5, 0.6) is 0 Å². The molecule has 1 N–H and O–H groups in total. The van der Waals surface area contributed by atoms with Gasteiger partial charge in [-0.05, 0) is 54.7 Å². The van der Waals surface area contributed by atoms with Crippen molar-refractivity contribution in [3.05, 3.63) is 36.1 Å². The van der Waals surface area contributed by atoms with E-state index in [1.807, 2.05) is 18.2 Å². The maximum Gasteiger partial charge on any atom is 0.303 e. The lowest BCUT2D eigenvalue weighted by Gasteiger charge is -2.41. The van der Waals surface area contributed by atoms with Crippen LogP contribution in [0.1, 0.15) is 25.7 Å². The quantitative estimate of drug-likeness (QED) is 0.834. The van der Waals surface area contributed by atoms with Gasteiger partial charge in [-0.1, -0.05) is 12.7 Å². The van der Waals surface area contributed by atoms with Crippen LogP contribution in [-0.4, -0.2) is 18.2 Å². The fraction of sp³-hybridized carbons (Fsp3) is 0.533. The molecule has 0 aromatic carbocycles. The molecule has 0 amide bonds. The number of allylic oxidation sites excluding steroid dienone is 4. The summed E-state index contributed by atoms with van der Waals surface area (Å²) >= 11 is 0. The number of aliphatic carboxylic acids is 1.